The smallest absolute Gasteiger partial charge is 0.269 e. The first kappa shape index (κ1) is 18.4. The second kappa shape index (κ2) is 7.68. The van der Waals surface area contributed by atoms with Crippen molar-refractivity contribution in [3.63, 3.8) is 0 Å². The number of nitrogens with one attached hydrogen (secondary N) is 1. The van der Waals surface area contributed by atoms with Crippen LogP contribution in [-0.2, 0) is 12.8 Å². The van der Waals surface area contributed by atoms with E-state index in [9.17, 15) is 10.1 Å². The number of aromatic nitrogens is 3. The van der Waals surface area contributed by atoms with Gasteiger partial charge in [0.05, 0.1) is 22.2 Å². The molecule has 0 amide bonds. The lowest BCUT2D eigenvalue weighted by atomic mass is 9.97. The van der Waals surface area contributed by atoms with Crippen molar-refractivity contribution in [3.05, 3.63) is 75.2 Å². The van der Waals surface area contributed by atoms with Gasteiger partial charge in [0, 0.05) is 28.9 Å². The normalized spacial score (nSPS) is 13.6. The highest BCUT2D eigenvalue weighted by atomic mass is 32.1. The first-order valence-electron chi connectivity index (χ1n) is 9.67. The summed E-state index contributed by atoms with van der Waals surface area (Å²) in [5.41, 5.74) is 6.17. The van der Waals surface area contributed by atoms with Gasteiger partial charge >= 0.3 is 0 Å². The third-order valence-electron chi connectivity index (χ3n) is 5.24. The highest BCUT2D eigenvalue weighted by molar-refractivity contribution is 7.19. The molecule has 1 aliphatic rings. The number of nitrogens with zero attached hydrogens (tertiary/aromatic N) is 5. The molecule has 0 aliphatic heterocycles. The Labute approximate surface area is 176 Å². The zero-order valence-corrected chi connectivity index (χ0v) is 16.8. The molecule has 0 atom stereocenters. The predicted molar refractivity (Wildman–Crippen MR) is 118 cm³/mol. The molecule has 4 aromatic rings. The van der Waals surface area contributed by atoms with Gasteiger partial charge in [-0.1, -0.05) is 0 Å². The molecule has 1 N–H and O–H groups in total. The van der Waals surface area contributed by atoms with E-state index < -0.39 is 4.92 Å². The number of nitro benzene ring substituents is 1. The minimum absolute atomic E-state index is 0.0645. The van der Waals surface area contributed by atoms with Crippen molar-refractivity contribution in [2.24, 2.45) is 5.10 Å². The number of fused-ring (bicyclic) bond motifs is 3. The molecule has 5 rings (SSSR count). The quantitative estimate of drug-likeness (QED) is 0.287. The standard InChI is InChI=1S/C21H18N6O2S/c28-27(29)15-9-7-14(8-10-15)26-11-3-4-16(26)12-24-25-20-19-17-5-1-2-6-18(17)30-21(19)23-13-22-20/h3-4,7-13H,1-2,5-6H2,(H,22,23,25)/b24-12-. The number of thiophene rings is 1. The summed E-state index contributed by atoms with van der Waals surface area (Å²) in [5, 5.41) is 16.4. The maximum Gasteiger partial charge on any atom is 0.269 e. The predicted octanol–water partition coefficient (Wildman–Crippen LogP) is 4.72. The lowest BCUT2D eigenvalue weighted by Gasteiger charge is -2.11. The number of aryl methyl sites for hydroxylation is 2. The molecular formula is C21H18N6O2S. The van der Waals surface area contributed by atoms with Crippen LogP contribution in [0.2, 0.25) is 0 Å². The van der Waals surface area contributed by atoms with Crippen LogP contribution in [-0.4, -0.2) is 25.7 Å². The van der Waals surface area contributed by atoms with E-state index in [0.717, 1.165) is 40.3 Å². The van der Waals surface area contributed by atoms with Crippen molar-refractivity contribution < 1.29 is 4.92 Å². The third kappa shape index (κ3) is 3.33. The molecule has 30 heavy (non-hydrogen) atoms. The molecule has 0 fully saturated rings. The lowest BCUT2D eigenvalue weighted by Crippen LogP contribution is -2.02. The van der Waals surface area contributed by atoms with E-state index >= 15 is 0 Å². The fourth-order valence-corrected chi connectivity index (χ4v) is 5.03. The Balaban J connectivity index is 1.41. The van der Waals surface area contributed by atoms with Crippen molar-refractivity contribution in [1.82, 2.24) is 14.5 Å². The highest BCUT2D eigenvalue weighted by Crippen LogP contribution is 2.38. The molecular weight excluding hydrogens is 400 g/mol. The van der Waals surface area contributed by atoms with E-state index in [2.05, 4.69) is 20.5 Å². The average molecular weight is 418 g/mol. The topological polar surface area (TPSA) is 98.2 Å². The summed E-state index contributed by atoms with van der Waals surface area (Å²) < 4.78 is 1.91. The SMILES string of the molecule is O=[N+]([O-])c1ccc(-n2cccc2/C=N\Nc2ncnc3sc4c(c23)CCCC4)cc1. The monoisotopic (exact) mass is 418 g/mol. The van der Waals surface area contributed by atoms with Gasteiger partial charge in [0.2, 0.25) is 0 Å². The van der Waals surface area contributed by atoms with Crippen LogP contribution in [0, 0.1) is 10.1 Å². The number of benzene rings is 1. The molecule has 1 aliphatic carbocycles. The van der Waals surface area contributed by atoms with Gasteiger partial charge in [-0.25, -0.2) is 9.97 Å². The van der Waals surface area contributed by atoms with Gasteiger partial charge in [-0.2, -0.15) is 5.10 Å². The van der Waals surface area contributed by atoms with Crippen LogP contribution in [0.5, 0.6) is 0 Å². The first-order chi connectivity index (χ1) is 14.7. The molecule has 150 valence electrons. The Hall–Kier alpha value is -3.59. The van der Waals surface area contributed by atoms with E-state index in [1.54, 1.807) is 36.0 Å². The van der Waals surface area contributed by atoms with Crippen LogP contribution >= 0.6 is 11.3 Å². The van der Waals surface area contributed by atoms with E-state index in [0.29, 0.717) is 0 Å². The van der Waals surface area contributed by atoms with Crippen LogP contribution in [0.15, 0.2) is 54.0 Å². The van der Waals surface area contributed by atoms with Crippen LogP contribution < -0.4 is 5.43 Å². The molecule has 3 heterocycles. The summed E-state index contributed by atoms with van der Waals surface area (Å²) in [4.78, 5) is 21.7. The third-order valence-corrected chi connectivity index (χ3v) is 6.44. The number of hydrogen-bond acceptors (Lipinski definition) is 7. The summed E-state index contributed by atoms with van der Waals surface area (Å²) in [6, 6.07) is 10.2. The average Bonchev–Trinajstić information content (AvgIpc) is 3.38. The van der Waals surface area contributed by atoms with Gasteiger partial charge in [-0.05, 0) is 55.5 Å². The number of hydrazone groups is 1. The second-order valence-corrected chi connectivity index (χ2v) is 8.14. The lowest BCUT2D eigenvalue weighted by molar-refractivity contribution is -0.384. The summed E-state index contributed by atoms with van der Waals surface area (Å²) in [6.07, 6.45) is 9.77. The number of rotatable bonds is 5. The minimum Gasteiger partial charge on any atom is -0.316 e. The van der Waals surface area contributed by atoms with Crippen molar-refractivity contribution in [1.29, 1.82) is 0 Å². The van der Waals surface area contributed by atoms with E-state index in [-0.39, 0.29) is 5.69 Å². The van der Waals surface area contributed by atoms with Crippen molar-refractivity contribution in [3.8, 4) is 5.69 Å². The molecule has 3 aromatic heterocycles. The van der Waals surface area contributed by atoms with E-state index in [4.69, 9.17) is 0 Å². The van der Waals surface area contributed by atoms with Gasteiger partial charge in [0.25, 0.3) is 5.69 Å². The van der Waals surface area contributed by atoms with Crippen LogP contribution in [0.25, 0.3) is 15.9 Å². The first-order valence-corrected chi connectivity index (χ1v) is 10.5. The van der Waals surface area contributed by atoms with Crippen LogP contribution in [0.4, 0.5) is 11.5 Å². The summed E-state index contributed by atoms with van der Waals surface area (Å²) in [6.45, 7) is 0. The largest absolute Gasteiger partial charge is 0.316 e. The maximum absolute atomic E-state index is 10.9. The molecule has 8 nitrogen and oxygen atoms in total. The summed E-state index contributed by atoms with van der Waals surface area (Å²) in [7, 11) is 0. The molecule has 1 aromatic carbocycles. The van der Waals surface area contributed by atoms with Crippen molar-refractivity contribution in [2.75, 3.05) is 5.43 Å². The number of non-ortho nitro benzene ring substituents is 1. The molecule has 0 saturated carbocycles. The maximum atomic E-state index is 10.9. The van der Waals surface area contributed by atoms with Crippen LogP contribution in [0.1, 0.15) is 29.0 Å². The van der Waals surface area contributed by atoms with E-state index in [1.165, 1.54) is 35.4 Å². The molecule has 0 spiro atoms. The van der Waals surface area contributed by atoms with Crippen LogP contribution in [0.3, 0.4) is 0 Å². The minimum atomic E-state index is -0.405. The van der Waals surface area contributed by atoms with Gasteiger partial charge < -0.3 is 4.57 Å². The van der Waals surface area contributed by atoms with Crippen molar-refractivity contribution in [2.45, 2.75) is 25.7 Å². The molecule has 0 radical (unpaired) electrons. The molecule has 0 unspecified atom stereocenters. The van der Waals surface area contributed by atoms with Gasteiger partial charge in [-0.3, -0.25) is 15.5 Å². The zero-order valence-electron chi connectivity index (χ0n) is 16.0. The second-order valence-electron chi connectivity index (χ2n) is 7.06. The Bertz CT molecular complexity index is 1260. The number of hydrogen-bond donors (Lipinski definition) is 1. The Morgan fingerprint density at radius 2 is 2.00 bits per heavy atom. The Morgan fingerprint density at radius 3 is 2.83 bits per heavy atom. The Kier molecular flexibility index (Phi) is 4.72. The van der Waals surface area contributed by atoms with Gasteiger partial charge in [-0.15, -0.1) is 11.3 Å². The Morgan fingerprint density at radius 1 is 1.17 bits per heavy atom. The fourth-order valence-electron chi connectivity index (χ4n) is 3.80. The van der Waals surface area contributed by atoms with Gasteiger partial charge in [0.1, 0.15) is 11.2 Å². The molecule has 9 heteroatoms. The fraction of sp³-hybridized carbons (Fsp3) is 0.190. The number of anilines is 1. The molecule has 0 bridgehead atoms. The summed E-state index contributed by atoms with van der Waals surface area (Å²) >= 11 is 1.75. The zero-order chi connectivity index (χ0) is 20.5. The van der Waals surface area contributed by atoms with Crippen molar-refractivity contribution >= 4 is 39.3 Å². The number of nitro groups is 1. The molecule has 0 saturated heterocycles. The van der Waals surface area contributed by atoms with Gasteiger partial charge in [0.15, 0.2) is 5.82 Å². The van der Waals surface area contributed by atoms with E-state index in [1.807, 2.05) is 22.9 Å². The highest BCUT2D eigenvalue weighted by Gasteiger charge is 2.19. The summed E-state index contributed by atoms with van der Waals surface area (Å²) in [5.74, 6) is 0.726.